The summed E-state index contributed by atoms with van der Waals surface area (Å²) in [4.78, 5) is 29.1. The third kappa shape index (κ3) is 8.51. The van der Waals surface area contributed by atoms with Crippen molar-refractivity contribution in [3.05, 3.63) is 64.7 Å². The normalized spacial score (nSPS) is 11.9. The highest BCUT2D eigenvalue weighted by Crippen LogP contribution is 2.22. The number of rotatable bonds is 12. The second-order valence-corrected chi connectivity index (χ2v) is 10.0. The Kier molecular flexibility index (Phi) is 11.1. The Morgan fingerprint density at radius 1 is 1.09 bits per heavy atom. The van der Waals surface area contributed by atoms with Gasteiger partial charge in [0.15, 0.2) is 0 Å². The van der Waals surface area contributed by atoms with Crippen LogP contribution in [-0.4, -0.2) is 35.1 Å². The van der Waals surface area contributed by atoms with Crippen molar-refractivity contribution in [2.24, 2.45) is 5.92 Å². The molecular formula is C26H35ClN2O2S. The first-order valence-corrected chi connectivity index (χ1v) is 12.7. The number of carbonyl (C=O) groups is 2. The fourth-order valence-electron chi connectivity index (χ4n) is 3.40. The highest BCUT2D eigenvalue weighted by Gasteiger charge is 2.28. The molecule has 2 rings (SSSR count). The van der Waals surface area contributed by atoms with E-state index in [0.717, 1.165) is 33.2 Å². The Hall–Kier alpha value is -1.98. The number of benzene rings is 2. The molecule has 2 aromatic rings. The van der Waals surface area contributed by atoms with E-state index in [0.29, 0.717) is 31.8 Å². The fraction of sp³-hybridized carbons (Fsp3) is 0.462. The predicted octanol–water partition coefficient (Wildman–Crippen LogP) is 6.10. The van der Waals surface area contributed by atoms with Crippen LogP contribution in [0.1, 0.15) is 51.2 Å². The number of amides is 2. The van der Waals surface area contributed by atoms with E-state index >= 15 is 0 Å². The molecule has 0 spiro atoms. The monoisotopic (exact) mass is 474 g/mol. The van der Waals surface area contributed by atoms with Crippen molar-refractivity contribution in [3.8, 4) is 0 Å². The number of hydrogen-bond acceptors (Lipinski definition) is 3. The Balaban J connectivity index is 2.05. The van der Waals surface area contributed by atoms with Crippen LogP contribution in [-0.2, 0) is 16.1 Å². The molecule has 1 unspecified atom stereocenters. The summed E-state index contributed by atoms with van der Waals surface area (Å²) in [6.45, 7) is 9.20. The maximum absolute atomic E-state index is 13.3. The number of thioether (sulfide) groups is 1. The number of aryl methyl sites for hydroxylation is 1. The molecule has 4 nitrogen and oxygen atoms in total. The van der Waals surface area contributed by atoms with Crippen LogP contribution in [0.25, 0.3) is 0 Å². The first kappa shape index (κ1) is 26.3. The van der Waals surface area contributed by atoms with Crippen molar-refractivity contribution >= 4 is 35.2 Å². The minimum absolute atomic E-state index is 0.0245. The quantitative estimate of drug-likeness (QED) is 0.298. The summed E-state index contributed by atoms with van der Waals surface area (Å²) < 4.78 is 0. The third-order valence-corrected chi connectivity index (χ3v) is 6.64. The van der Waals surface area contributed by atoms with E-state index in [-0.39, 0.29) is 11.8 Å². The van der Waals surface area contributed by atoms with Gasteiger partial charge in [0.2, 0.25) is 11.8 Å². The summed E-state index contributed by atoms with van der Waals surface area (Å²) in [7, 11) is 0. The SMILES string of the molecule is CCC(C(=O)NCC(C)C)N(Cc1ccccc1C)C(=O)CCCSc1ccc(Cl)cc1. The van der Waals surface area contributed by atoms with Crippen LogP contribution < -0.4 is 5.32 Å². The Morgan fingerprint density at radius 2 is 1.78 bits per heavy atom. The first-order chi connectivity index (χ1) is 15.3. The molecule has 0 fully saturated rings. The van der Waals surface area contributed by atoms with Gasteiger partial charge in [0.25, 0.3) is 0 Å². The van der Waals surface area contributed by atoms with Crippen molar-refractivity contribution < 1.29 is 9.59 Å². The molecule has 0 bridgehead atoms. The van der Waals surface area contributed by atoms with Crippen LogP contribution in [0.3, 0.4) is 0 Å². The average molecular weight is 475 g/mol. The van der Waals surface area contributed by atoms with Crippen LogP contribution >= 0.6 is 23.4 Å². The average Bonchev–Trinajstić information content (AvgIpc) is 2.77. The Morgan fingerprint density at radius 3 is 2.41 bits per heavy atom. The third-order valence-electron chi connectivity index (χ3n) is 5.29. The Labute approximate surface area is 202 Å². The number of hydrogen-bond donors (Lipinski definition) is 1. The Bertz CT molecular complexity index is 870. The molecule has 2 aromatic carbocycles. The van der Waals surface area contributed by atoms with E-state index in [9.17, 15) is 9.59 Å². The molecule has 0 aliphatic heterocycles. The maximum atomic E-state index is 13.3. The number of nitrogens with one attached hydrogen (secondary N) is 1. The van der Waals surface area contributed by atoms with E-state index < -0.39 is 6.04 Å². The lowest BCUT2D eigenvalue weighted by atomic mass is 10.0. The molecule has 0 heterocycles. The molecule has 0 aromatic heterocycles. The molecule has 1 atom stereocenters. The standard InChI is InChI=1S/C26H35ClN2O2S/c1-5-24(26(31)28-17-19(2)3)29(18-21-10-7-6-9-20(21)4)25(30)11-8-16-32-23-14-12-22(27)13-15-23/h6-7,9-10,12-15,19,24H,5,8,11,16-18H2,1-4H3,(H,28,31). The van der Waals surface area contributed by atoms with Gasteiger partial charge < -0.3 is 10.2 Å². The molecule has 0 radical (unpaired) electrons. The van der Waals surface area contributed by atoms with E-state index in [4.69, 9.17) is 11.6 Å². The van der Waals surface area contributed by atoms with Crippen LogP contribution in [0.15, 0.2) is 53.4 Å². The molecule has 32 heavy (non-hydrogen) atoms. The van der Waals surface area contributed by atoms with Gasteiger partial charge in [-0.1, -0.05) is 56.6 Å². The van der Waals surface area contributed by atoms with Crippen molar-refractivity contribution in [2.75, 3.05) is 12.3 Å². The van der Waals surface area contributed by atoms with Gasteiger partial charge in [0.1, 0.15) is 6.04 Å². The highest BCUT2D eigenvalue weighted by molar-refractivity contribution is 7.99. The number of carbonyl (C=O) groups excluding carboxylic acids is 2. The largest absolute Gasteiger partial charge is 0.354 e. The summed E-state index contributed by atoms with van der Waals surface area (Å²) in [5.41, 5.74) is 2.20. The molecule has 2 amide bonds. The van der Waals surface area contributed by atoms with E-state index in [2.05, 4.69) is 19.2 Å². The minimum Gasteiger partial charge on any atom is -0.354 e. The molecule has 0 saturated heterocycles. The van der Waals surface area contributed by atoms with Gasteiger partial charge in [-0.05, 0) is 66.8 Å². The van der Waals surface area contributed by atoms with E-state index in [1.807, 2.05) is 62.4 Å². The summed E-state index contributed by atoms with van der Waals surface area (Å²) >= 11 is 7.66. The van der Waals surface area contributed by atoms with Gasteiger partial charge in [-0.15, -0.1) is 11.8 Å². The fourth-order valence-corrected chi connectivity index (χ4v) is 4.38. The molecule has 1 N–H and O–H groups in total. The van der Waals surface area contributed by atoms with Gasteiger partial charge in [-0.25, -0.2) is 0 Å². The summed E-state index contributed by atoms with van der Waals surface area (Å²) in [6.07, 6.45) is 1.75. The molecule has 0 aliphatic rings. The molecular weight excluding hydrogens is 440 g/mol. The second kappa shape index (κ2) is 13.5. The lowest BCUT2D eigenvalue weighted by Gasteiger charge is -2.31. The predicted molar refractivity (Wildman–Crippen MR) is 135 cm³/mol. The van der Waals surface area contributed by atoms with Gasteiger partial charge in [-0.3, -0.25) is 9.59 Å². The maximum Gasteiger partial charge on any atom is 0.242 e. The van der Waals surface area contributed by atoms with Gasteiger partial charge >= 0.3 is 0 Å². The second-order valence-electron chi connectivity index (χ2n) is 8.42. The highest BCUT2D eigenvalue weighted by atomic mass is 35.5. The number of nitrogens with zero attached hydrogens (tertiary/aromatic N) is 1. The van der Waals surface area contributed by atoms with Crippen molar-refractivity contribution in [2.45, 2.75) is 64.4 Å². The molecule has 0 saturated carbocycles. The zero-order valence-corrected chi connectivity index (χ0v) is 21.1. The minimum atomic E-state index is -0.468. The lowest BCUT2D eigenvalue weighted by Crippen LogP contribution is -2.49. The van der Waals surface area contributed by atoms with Crippen LogP contribution in [0, 0.1) is 12.8 Å². The smallest absolute Gasteiger partial charge is 0.242 e. The van der Waals surface area contributed by atoms with Gasteiger partial charge in [0, 0.05) is 29.4 Å². The summed E-state index contributed by atoms with van der Waals surface area (Å²) in [5.74, 6) is 1.15. The van der Waals surface area contributed by atoms with Crippen LogP contribution in [0.2, 0.25) is 5.02 Å². The van der Waals surface area contributed by atoms with Crippen LogP contribution in [0.5, 0.6) is 0 Å². The van der Waals surface area contributed by atoms with Crippen LogP contribution in [0.4, 0.5) is 0 Å². The zero-order valence-electron chi connectivity index (χ0n) is 19.6. The summed E-state index contributed by atoms with van der Waals surface area (Å²) in [6, 6.07) is 15.3. The van der Waals surface area contributed by atoms with Gasteiger partial charge in [0.05, 0.1) is 0 Å². The lowest BCUT2D eigenvalue weighted by molar-refractivity contribution is -0.141. The molecule has 174 valence electrons. The van der Waals surface area contributed by atoms with E-state index in [1.54, 1.807) is 16.7 Å². The molecule has 0 aliphatic carbocycles. The van der Waals surface area contributed by atoms with Crippen molar-refractivity contribution in [1.82, 2.24) is 10.2 Å². The van der Waals surface area contributed by atoms with E-state index in [1.165, 1.54) is 0 Å². The summed E-state index contributed by atoms with van der Waals surface area (Å²) in [5, 5.41) is 3.73. The topological polar surface area (TPSA) is 49.4 Å². The van der Waals surface area contributed by atoms with Crippen molar-refractivity contribution in [1.29, 1.82) is 0 Å². The van der Waals surface area contributed by atoms with Gasteiger partial charge in [-0.2, -0.15) is 0 Å². The zero-order chi connectivity index (χ0) is 23.5. The first-order valence-electron chi connectivity index (χ1n) is 11.3. The molecule has 6 heteroatoms. The van der Waals surface area contributed by atoms with Crippen molar-refractivity contribution in [3.63, 3.8) is 0 Å². The number of halogens is 1.